The normalized spacial score (nSPS) is 22.6. The molecule has 0 aliphatic carbocycles. The van der Waals surface area contributed by atoms with Crippen molar-refractivity contribution in [2.75, 3.05) is 19.6 Å². The lowest BCUT2D eigenvalue weighted by Gasteiger charge is -2.34. The molecule has 0 bridgehead atoms. The Labute approximate surface area is 118 Å². The third-order valence-electron chi connectivity index (χ3n) is 3.99. The van der Waals surface area contributed by atoms with Gasteiger partial charge in [-0.15, -0.1) is 0 Å². The van der Waals surface area contributed by atoms with Gasteiger partial charge in [-0.25, -0.2) is 4.79 Å². The van der Waals surface area contributed by atoms with Crippen molar-refractivity contribution in [2.24, 2.45) is 0 Å². The Morgan fingerprint density at radius 3 is 2.70 bits per heavy atom. The molecule has 1 N–H and O–H groups in total. The summed E-state index contributed by atoms with van der Waals surface area (Å²) >= 11 is 0. The van der Waals surface area contributed by atoms with Crippen molar-refractivity contribution in [3.63, 3.8) is 0 Å². The predicted octanol–water partition coefficient (Wildman–Crippen LogP) is 1.19. The standard InChI is InChI=1S/C15H20N2O3/c1-2-17(12-18)15(14(19)20)8-9-16(11-15)10-13-6-4-3-5-7-13/h3-7,12H,2,8-11H2,1H3,(H,19,20). The summed E-state index contributed by atoms with van der Waals surface area (Å²) in [5.74, 6) is -0.915. The Hall–Kier alpha value is -1.88. The van der Waals surface area contributed by atoms with E-state index in [-0.39, 0.29) is 0 Å². The summed E-state index contributed by atoms with van der Waals surface area (Å²) in [7, 11) is 0. The van der Waals surface area contributed by atoms with Crippen molar-refractivity contribution in [3.8, 4) is 0 Å². The number of carbonyl (C=O) groups excluding carboxylic acids is 1. The maximum Gasteiger partial charge on any atom is 0.331 e. The second kappa shape index (κ2) is 6.05. The van der Waals surface area contributed by atoms with Crippen LogP contribution in [0.4, 0.5) is 0 Å². The number of hydrogen-bond donors (Lipinski definition) is 1. The number of benzene rings is 1. The number of nitrogens with zero attached hydrogens (tertiary/aromatic N) is 2. The third-order valence-corrected chi connectivity index (χ3v) is 3.99. The summed E-state index contributed by atoms with van der Waals surface area (Å²) in [5.41, 5.74) is 0.0773. The maximum absolute atomic E-state index is 11.7. The van der Waals surface area contributed by atoms with E-state index in [1.165, 1.54) is 4.90 Å². The Morgan fingerprint density at radius 1 is 1.45 bits per heavy atom. The van der Waals surface area contributed by atoms with Gasteiger partial charge in [-0.05, 0) is 18.9 Å². The number of likely N-dealkylation sites (N-methyl/N-ethyl adjacent to an activating group) is 1. The van der Waals surface area contributed by atoms with Crippen molar-refractivity contribution < 1.29 is 14.7 Å². The molecular formula is C15H20N2O3. The van der Waals surface area contributed by atoms with Crippen LogP contribution in [0.25, 0.3) is 0 Å². The molecule has 1 aliphatic rings. The number of aliphatic carboxylic acids is 1. The van der Waals surface area contributed by atoms with Crippen LogP contribution in [0.5, 0.6) is 0 Å². The van der Waals surface area contributed by atoms with Crippen LogP contribution in [0.15, 0.2) is 30.3 Å². The lowest BCUT2D eigenvalue weighted by molar-refractivity contribution is -0.154. The molecule has 1 amide bonds. The predicted molar refractivity (Wildman–Crippen MR) is 75.1 cm³/mol. The number of hydrogen-bond acceptors (Lipinski definition) is 3. The molecule has 1 atom stereocenters. The molecule has 2 rings (SSSR count). The molecule has 0 spiro atoms. The fourth-order valence-electron chi connectivity index (χ4n) is 2.86. The summed E-state index contributed by atoms with van der Waals surface area (Å²) in [4.78, 5) is 26.3. The highest BCUT2D eigenvalue weighted by molar-refractivity contribution is 5.82. The average Bonchev–Trinajstić information content (AvgIpc) is 2.86. The fraction of sp³-hybridized carbons (Fsp3) is 0.467. The van der Waals surface area contributed by atoms with Crippen molar-refractivity contribution in [1.29, 1.82) is 0 Å². The van der Waals surface area contributed by atoms with Gasteiger partial charge in [0.1, 0.15) is 0 Å². The first kappa shape index (κ1) is 14.5. The molecule has 5 nitrogen and oxygen atoms in total. The van der Waals surface area contributed by atoms with Gasteiger partial charge in [0.2, 0.25) is 6.41 Å². The molecule has 0 radical (unpaired) electrons. The van der Waals surface area contributed by atoms with Crippen molar-refractivity contribution in [3.05, 3.63) is 35.9 Å². The molecule has 1 unspecified atom stereocenters. The fourth-order valence-corrected chi connectivity index (χ4v) is 2.86. The number of carboxylic acid groups (broad SMARTS) is 1. The highest BCUT2D eigenvalue weighted by atomic mass is 16.4. The van der Waals surface area contributed by atoms with E-state index < -0.39 is 11.5 Å². The number of carbonyl (C=O) groups is 2. The molecule has 20 heavy (non-hydrogen) atoms. The molecule has 0 saturated carbocycles. The summed E-state index contributed by atoms with van der Waals surface area (Å²) in [6.45, 7) is 4.00. The van der Waals surface area contributed by atoms with Gasteiger partial charge in [0.05, 0.1) is 0 Å². The van der Waals surface area contributed by atoms with Gasteiger partial charge >= 0.3 is 5.97 Å². The van der Waals surface area contributed by atoms with Crippen LogP contribution < -0.4 is 0 Å². The first-order chi connectivity index (χ1) is 9.62. The second-order valence-corrected chi connectivity index (χ2v) is 5.17. The van der Waals surface area contributed by atoms with E-state index in [0.29, 0.717) is 39.0 Å². The van der Waals surface area contributed by atoms with Crippen LogP contribution in [0.2, 0.25) is 0 Å². The number of likely N-dealkylation sites (tertiary alicyclic amines) is 1. The van der Waals surface area contributed by atoms with Crippen LogP contribution in [0, 0.1) is 0 Å². The molecule has 5 heteroatoms. The van der Waals surface area contributed by atoms with Crippen molar-refractivity contribution in [1.82, 2.24) is 9.80 Å². The molecule has 1 aromatic carbocycles. The van der Waals surface area contributed by atoms with E-state index in [9.17, 15) is 14.7 Å². The third kappa shape index (κ3) is 2.67. The summed E-state index contributed by atoms with van der Waals surface area (Å²) in [6.07, 6.45) is 1.13. The monoisotopic (exact) mass is 276 g/mol. The quantitative estimate of drug-likeness (QED) is 0.793. The van der Waals surface area contributed by atoms with E-state index in [1.807, 2.05) is 30.3 Å². The van der Waals surface area contributed by atoms with Gasteiger partial charge in [-0.3, -0.25) is 9.69 Å². The second-order valence-electron chi connectivity index (χ2n) is 5.17. The molecule has 1 aliphatic heterocycles. The minimum atomic E-state index is -1.08. The highest BCUT2D eigenvalue weighted by Gasteiger charge is 2.48. The molecule has 108 valence electrons. The molecule has 0 aromatic heterocycles. The van der Waals surface area contributed by atoms with Gasteiger partial charge in [-0.1, -0.05) is 30.3 Å². The molecule has 1 aromatic rings. The number of amides is 1. The maximum atomic E-state index is 11.7. The van der Waals surface area contributed by atoms with Crippen LogP contribution >= 0.6 is 0 Å². The molecular weight excluding hydrogens is 256 g/mol. The van der Waals surface area contributed by atoms with E-state index in [1.54, 1.807) is 6.92 Å². The Bertz CT molecular complexity index is 477. The van der Waals surface area contributed by atoms with Crippen molar-refractivity contribution >= 4 is 12.4 Å². The first-order valence-corrected chi connectivity index (χ1v) is 6.84. The molecule has 1 fully saturated rings. The van der Waals surface area contributed by atoms with Crippen LogP contribution in [0.1, 0.15) is 18.9 Å². The van der Waals surface area contributed by atoms with Gasteiger partial charge in [-0.2, -0.15) is 0 Å². The van der Waals surface area contributed by atoms with E-state index in [2.05, 4.69) is 4.90 Å². The molecule has 1 saturated heterocycles. The lowest BCUT2D eigenvalue weighted by atomic mass is 9.97. The highest BCUT2D eigenvalue weighted by Crippen LogP contribution is 2.28. The van der Waals surface area contributed by atoms with Crippen LogP contribution in [0.3, 0.4) is 0 Å². The topological polar surface area (TPSA) is 60.9 Å². The van der Waals surface area contributed by atoms with Gasteiger partial charge in [0.15, 0.2) is 5.54 Å². The van der Waals surface area contributed by atoms with E-state index in [4.69, 9.17) is 0 Å². The van der Waals surface area contributed by atoms with E-state index >= 15 is 0 Å². The minimum absolute atomic E-state index is 0.379. The SMILES string of the molecule is CCN(C=O)C1(C(=O)O)CCN(Cc2ccccc2)C1. The Kier molecular flexibility index (Phi) is 4.39. The van der Waals surface area contributed by atoms with E-state index in [0.717, 1.165) is 5.56 Å². The van der Waals surface area contributed by atoms with Crippen LogP contribution in [-0.2, 0) is 16.1 Å². The zero-order valence-electron chi connectivity index (χ0n) is 11.7. The molecule has 1 heterocycles. The first-order valence-electron chi connectivity index (χ1n) is 6.84. The zero-order chi connectivity index (χ0) is 14.6. The summed E-state index contributed by atoms with van der Waals surface area (Å²) in [5, 5.41) is 9.55. The average molecular weight is 276 g/mol. The number of rotatable bonds is 6. The van der Waals surface area contributed by atoms with Crippen LogP contribution in [-0.4, -0.2) is 52.5 Å². The Balaban J connectivity index is 2.12. The Morgan fingerprint density at radius 2 is 2.15 bits per heavy atom. The summed E-state index contributed by atoms with van der Waals surface area (Å²) < 4.78 is 0. The minimum Gasteiger partial charge on any atom is -0.479 e. The number of carboxylic acids is 1. The van der Waals surface area contributed by atoms with Gasteiger partial charge < -0.3 is 10.0 Å². The summed E-state index contributed by atoms with van der Waals surface area (Å²) in [6, 6.07) is 9.95. The smallest absolute Gasteiger partial charge is 0.331 e. The zero-order valence-corrected chi connectivity index (χ0v) is 11.7. The lowest BCUT2D eigenvalue weighted by Crippen LogP contribution is -2.55. The largest absolute Gasteiger partial charge is 0.479 e. The van der Waals surface area contributed by atoms with Gasteiger partial charge in [0.25, 0.3) is 0 Å². The van der Waals surface area contributed by atoms with Crippen molar-refractivity contribution in [2.45, 2.75) is 25.4 Å². The van der Waals surface area contributed by atoms with Gasteiger partial charge in [0, 0.05) is 26.2 Å².